The lowest BCUT2D eigenvalue weighted by molar-refractivity contribution is 0.174. The van der Waals surface area contributed by atoms with Gasteiger partial charge in [-0.25, -0.2) is 0 Å². The molecule has 3 heterocycles. The van der Waals surface area contributed by atoms with Crippen molar-refractivity contribution in [3.8, 4) is 11.5 Å². The van der Waals surface area contributed by atoms with Crippen molar-refractivity contribution in [1.29, 1.82) is 0 Å². The van der Waals surface area contributed by atoms with Crippen LogP contribution in [-0.2, 0) is 20.0 Å². The lowest BCUT2D eigenvalue weighted by Gasteiger charge is -2.14. The Morgan fingerprint density at radius 2 is 2.06 bits per heavy atom. The van der Waals surface area contributed by atoms with Crippen molar-refractivity contribution in [2.24, 2.45) is 7.05 Å². The maximum atomic E-state index is 5.45. The SMILES string of the molecule is Cn1c2c(c3cc4c(cc31)OCO4)CNCC2. The van der Waals surface area contributed by atoms with E-state index in [2.05, 4.69) is 29.1 Å². The second-order valence-electron chi connectivity index (χ2n) is 4.63. The average molecular weight is 230 g/mol. The smallest absolute Gasteiger partial charge is 0.231 e. The summed E-state index contributed by atoms with van der Waals surface area (Å²) in [6.07, 6.45) is 1.09. The van der Waals surface area contributed by atoms with Gasteiger partial charge in [0.1, 0.15) is 0 Å². The van der Waals surface area contributed by atoms with E-state index in [0.29, 0.717) is 6.79 Å². The van der Waals surface area contributed by atoms with Crippen molar-refractivity contribution in [2.75, 3.05) is 13.3 Å². The molecule has 0 saturated heterocycles. The Bertz CT molecular complexity index is 616. The van der Waals surface area contributed by atoms with Crippen molar-refractivity contribution in [3.63, 3.8) is 0 Å². The van der Waals surface area contributed by atoms with E-state index in [1.54, 1.807) is 0 Å². The highest BCUT2D eigenvalue weighted by Gasteiger charge is 2.22. The molecule has 2 aliphatic rings. The third-order valence-electron chi connectivity index (χ3n) is 3.77. The lowest BCUT2D eigenvalue weighted by atomic mass is 10.1. The van der Waals surface area contributed by atoms with Gasteiger partial charge in [0, 0.05) is 43.7 Å². The fourth-order valence-electron chi connectivity index (χ4n) is 2.89. The lowest BCUT2D eigenvalue weighted by Crippen LogP contribution is -2.24. The molecule has 0 atom stereocenters. The number of nitrogens with zero attached hydrogens (tertiary/aromatic N) is 1. The molecule has 0 fully saturated rings. The Morgan fingerprint density at radius 3 is 2.94 bits per heavy atom. The van der Waals surface area contributed by atoms with E-state index in [9.17, 15) is 0 Å². The molecule has 0 bridgehead atoms. The minimum atomic E-state index is 0.339. The predicted octanol–water partition coefficient (Wildman–Crippen LogP) is 1.55. The van der Waals surface area contributed by atoms with Crippen LogP contribution in [0.1, 0.15) is 11.3 Å². The minimum absolute atomic E-state index is 0.339. The highest BCUT2D eigenvalue weighted by atomic mass is 16.7. The number of benzene rings is 1. The van der Waals surface area contributed by atoms with Gasteiger partial charge in [-0.1, -0.05) is 0 Å². The first-order valence-corrected chi connectivity index (χ1v) is 5.95. The number of hydrogen-bond acceptors (Lipinski definition) is 3. The van der Waals surface area contributed by atoms with Gasteiger partial charge in [0.2, 0.25) is 6.79 Å². The fourth-order valence-corrected chi connectivity index (χ4v) is 2.89. The molecular formula is C13H14N2O2. The van der Waals surface area contributed by atoms with Crippen LogP contribution < -0.4 is 14.8 Å². The van der Waals surface area contributed by atoms with Crippen molar-refractivity contribution < 1.29 is 9.47 Å². The molecule has 0 amide bonds. The quantitative estimate of drug-likeness (QED) is 0.746. The molecule has 1 N–H and O–H groups in total. The van der Waals surface area contributed by atoms with Crippen LogP contribution in [0.3, 0.4) is 0 Å². The minimum Gasteiger partial charge on any atom is -0.454 e. The molecule has 88 valence electrons. The summed E-state index contributed by atoms with van der Waals surface area (Å²) < 4.78 is 13.2. The largest absolute Gasteiger partial charge is 0.454 e. The Balaban J connectivity index is 2.07. The molecule has 1 aromatic heterocycles. The third kappa shape index (κ3) is 1.16. The van der Waals surface area contributed by atoms with Crippen LogP contribution in [0, 0.1) is 0 Å². The summed E-state index contributed by atoms with van der Waals surface area (Å²) in [4.78, 5) is 0. The maximum Gasteiger partial charge on any atom is 0.231 e. The van der Waals surface area contributed by atoms with Crippen molar-refractivity contribution in [3.05, 3.63) is 23.4 Å². The van der Waals surface area contributed by atoms with Gasteiger partial charge in [-0.15, -0.1) is 0 Å². The zero-order valence-electron chi connectivity index (χ0n) is 9.75. The van der Waals surface area contributed by atoms with Crippen molar-refractivity contribution >= 4 is 10.9 Å². The summed E-state index contributed by atoms with van der Waals surface area (Å²) in [5, 5.41) is 4.72. The summed E-state index contributed by atoms with van der Waals surface area (Å²) in [6.45, 7) is 2.35. The Kier molecular flexibility index (Phi) is 1.74. The van der Waals surface area contributed by atoms with Crippen LogP contribution in [-0.4, -0.2) is 17.9 Å². The zero-order valence-corrected chi connectivity index (χ0v) is 9.75. The normalized spacial score (nSPS) is 17.5. The van der Waals surface area contributed by atoms with Gasteiger partial charge < -0.3 is 19.4 Å². The van der Waals surface area contributed by atoms with E-state index in [4.69, 9.17) is 9.47 Å². The molecule has 17 heavy (non-hydrogen) atoms. The van der Waals surface area contributed by atoms with Gasteiger partial charge >= 0.3 is 0 Å². The summed E-state index contributed by atoms with van der Waals surface area (Å²) in [6, 6.07) is 4.21. The van der Waals surface area contributed by atoms with Crippen molar-refractivity contribution in [1.82, 2.24) is 9.88 Å². The molecule has 0 unspecified atom stereocenters. The number of fused-ring (bicyclic) bond motifs is 4. The highest BCUT2D eigenvalue weighted by molar-refractivity contribution is 5.89. The van der Waals surface area contributed by atoms with Gasteiger partial charge in [0.05, 0.1) is 5.52 Å². The molecule has 0 saturated carbocycles. The van der Waals surface area contributed by atoms with Crippen LogP contribution in [0.4, 0.5) is 0 Å². The number of aryl methyl sites for hydroxylation is 1. The van der Waals surface area contributed by atoms with E-state index in [1.165, 1.54) is 22.2 Å². The number of ether oxygens (including phenoxy) is 2. The van der Waals surface area contributed by atoms with Gasteiger partial charge in [0.15, 0.2) is 11.5 Å². The van der Waals surface area contributed by atoms with E-state index in [1.807, 2.05) is 0 Å². The van der Waals surface area contributed by atoms with Gasteiger partial charge in [-0.2, -0.15) is 0 Å². The van der Waals surface area contributed by atoms with Crippen LogP contribution in [0.5, 0.6) is 11.5 Å². The summed E-state index contributed by atoms with van der Waals surface area (Å²) in [5.74, 6) is 1.74. The molecule has 2 aromatic rings. The predicted molar refractivity (Wildman–Crippen MR) is 64.5 cm³/mol. The maximum absolute atomic E-state index is 5.45. The molecule has 0 spiro atoms. The Labute approximate surface area is 99.1 Å². The van der Waals surface area contributed by atoms with E-state index >= 15 is 0 Å². The second-order valence-corrected chi connectivity index (χ2v) is 4.63. The van der Waals surface area contributed by atoms with Gasteiger partial charge in [-0.05, 0) is 11.6 Å². The van der Waals surface area contributed by atoms with Gasteiger partial charge in [-0.3, -0.25) is 0 Å². The number of aromatic nitrogens is 1. The van der Waals surface area contributed by atoms with E-state index in [0.717, 1.165) is 31.0 Å². The summed E-state index contributed by atoms with van der Waals surface area (Å²) in [5.41, 5.74) is 4.08. The van der Waals surface area contributed by atoms with Crippen LogP contribution in [0.25, 0.3) is 10.9 Å². The monoisotopic (exact) mass is 230 g/mol. The van der Waals surface area contributed by atoms with Gasteiger partial charge in [0.25, 0.3) is 0 Å². The first-order chi connectivity index (χ1) is 8.34. The van der Waals surface area contributed by atoms with Crippen molar-refractivity contribution in [2.45, 2.75) is 13.0 Å². The molecule has 1 aromatic carbocycles. The number of hydrogen-bond donors (Lipinski definition) is 1. The Morgan fingerprint density at radius 1 is 1.24 bits per heavy atom. The second kappa shape index (κ2) is 3.17. The molecule has 2 aliphatic heterocycles. The first-order valence-electron chi connectivity index (χ1n) is 5.95. The third-order valence-corrected chi connectivity index (χ3v) is 3.77. The topological polar surface area (TPSA) is 35.4 Å². The molecule has 0 radical (unpaired) electrons. The fraction of sp³-hybridized carbons (Fsp3) is 0.385. The molecular weight excluding hydrogens is 216 g/mol. The van der Waals surface area contributed by atoms with E-state index < -0.39 is 0 Å². The average Bonchev–Trinajstić information content (AvgIpc) is 2.92. The molecule has 4 rings (SSSR count). The highest BCUT2D eigenvalue weighted by Crippen LogP contribution is 2.39. The van der Waals surface area contributed by atoms with Crippen LogP contribution >= 0.6 is 0 Å². The van der Waals surface area contributed by atoms with E-state index in [-0.39, 0.29) is 0 Å². The standard InChI is InChI=1S/C13H14N2O2/c1-15-10-2-3-14-6-9(10)8-4-12-13(5-11(8)15)17-7-16-12/h4-5,14H,2-3,6-7H2,1H3. The zero-order chi connectivity index (χ0) is 11.4. The van der Waals surface area contributed by atoms with Crippen LogP contribution in [0.15, 0.2) is 12.1 Å². The first kappa shape index (κ1) is 9.36. The van der Waals surface area contributed by atoms with Crippen LogP contribution in [0.2, 0.25) is 0 Å². The Hall–Kier alpha value is -1.68. The molecule has 0 aliphatic carbocycles. The summed E-state index contributed by atoms with van der Waals surface area (Å²) in [7, 11) is 2.13. The number of rotatable bonds is 0. The number of nitrogens with one attached hydrogen (secondary N) is 1. The summed E-state index contributed by atoms with van der Waals surface area (Å²) >= 11 is 0. The molecule has 4 nitrogen and oxygen atoms in total. The molecule has 4 heteroatoms.